The van der Waals surface area contributed by atoms with Crippen molar-refractivity contribution in [3.8, 4) is 0 Å². The van der Waals surface area contributed by atoms with Gasteiger partial charge in [0.15, 0.2) is 0 Å². The van der Waals surface area contributed by atoms with E-state index in [1.165, 1.54) is 12.1 Å². The maximum Gasteiger partial charge on any atom is 0.340 e. The third kappa shape index (κ3) is 3.75. The van der Waals surface area contributed by atoms with Crippen LogP contribution in [0.15, 0.2) is 18.2 Å². The van der Waals surface area contributed by atoms with E-state index < -0.39 is 17.3 Å². The van der Waals surface area contributed by atoms with Crippen LogP contribution in [-0.4, -0.2) is 29.6 Å². The summed E-state index contributed by atoms with van der Waals surface area (Å²) < 4.78 is 13.4. The van der Waals surface area contributed by atoms with Gasteiger partial charge in [-0.15, -0.1) is 0 Å². The topological polar surface area (TPSA) is 78.4 Å². The number of amides is 1. The fourth-order valence-corrected chi connectivity index (χ4v) is 1.74. The van der Waals surface area contributed by atoms with Crippen molar-refractivity contribution < 1.29 is 19.1 Å². The molecule has 1 fully saturated rings. The van der Waals surface area contributed by atoms with Gasteiger partial charge in [-0.2, -0.15) is 0 Å². The Kier molecular flexibility index (Phi) is 4.11. The van der Waals surface area contributed by atoms with Crippen molar-refractivity contribution in [2.24, 2.45) is 0 Å². The van der Waals surface area contributed by atoms with Gasteiger partial charge in [0.2, 0.25) is 5.91 Å². The van der Waals surface area contributed by atoms with Crippen LogP contribution in [0.25, 0.3) is 0 Å². The minimum Gasteiger partial charge on any atom is -0.478 e. The van der Waals surface area contributed by atoms with E-state index in [1.807, 2.05) is 0 Å². The zero-order valence-electron chi connectivity index (χ0n) is 10.3. The molecule has 0 saturated heterocycles. The molecule has 19 heavy (non-hydrogen) atoms. The molecule has 1 aliphatic carbocycles. The highest BCUT2D eigenvalue weighted by atomic mass is 19.1. The highest BCUT2D eigenvalue weighted by Crippen LogP contribution is 2.20. The number of aromatic carboxylic acids is 1. The summed E-state index contributed by atoms with van der Waals surface area (Å²) in [5, 5.41) is 14.5. The summed E-state index contributed by atoms with van der Waals surface area (Å²) in [6, 6.07) is 4.29. The average molecular weight is 266 g/mol. The monoisotopic (exact) mass is 266 g/mol. The third-order valence-electron chi connectivity index (χ3n) is 2.86. The Bertz CT molecular complexity index is 501. The van der Waals surface area contributed by atoms with Crippen molar-refractivity contribution >= 4 is 17.6 Å². The van der Waals surface area contributed by atoms with Crippen LogP contribution in [0.4, 0.5) is 10.1 Å². The largest absolute Gasteiger partial charge is 0.478 e. The number of carbonyl (C=O) groups is 2. The second-order valence-corrected chi connectivity index (χ2v) is 4.49. The SMILES string of the molecule is O=C(CCNC1CC1)Nc1cccc(F)c1C(=O)O. The molecule has 0 atom stereocenters. The molecule has 0 spiro atoms. The van der Waals surface area contributed by atoms with E-state index in [1.54, 1.807) is 0 Å². The van der Waals surface area contributed by atoms with Crippen molar-refractivity contribution in [2.45, 2.75) is 25.3 Å². The Morgan fingerprint density at radius 1 is 1.37 bits per heavy atom. The molecular formula is C13H15FN2O3. The molecule has 6 heteroatoms. The van der Waals surface area contributed by atoms with Crippen LogP contribution in [0.3, 0.4) is 0 Å². The number of carboxylic acids is 1. The number of rotatable bonds is 6. The summed E-state index contributed by atoms with van der Waals surface area (Å²) in [6.07, 6.45) is 2.50. The zero-order valence-corrected chi connectivity index (χ0v) is 10.3. The van der Waals surface area contributed by atoms with E-state index in [4.69, 9.17) is 5.11 Å². The van der Waals surface area contributed by atoms with E-state index in [2.05, 4.69) is 10.6 Å². The molecule has 3 N–H and O–H groups in total. The average Bonchev–Trinajstić information content (AvgIpc) is 3.12. The lowest BCUT2D eigenvalue weighted by Crippen LogP contribution is -2.24. The first-order valence-corrected chi connectivity index (χ1v) is 6.13. The van der Waals surface area contributed by atoms with Crippen LogP contribution in [0, 0.1) is 5.82 Å². The molecule has 0 aromatic heterocycles. The minimum absolute atomic E-state index is 0.0103. The Labute approximate surface area is 109 Å². The first-order valence-electron chi connectivity index (χ1n) is 6.13. The fraction of sp³-hybridized carbons (Fsp3) is 0.385. The molecule has 5 nitrogen and oxygen atoms in total. The second kappa shape index (κ2) is 5.79. The van der Waals surface area contributed by atoms with Crippen molar-refractivity contribution in [2.75, 3.05) is 11.9 Å². The lowest BCUT2D eigenvalue weighted by Gasteiger charge is -2.09. The Hall–Kier alpha value is -1.95. The molecule has 1 aromatic carbocycles. The lowest BCUT2D eigenvalue weighted by molar-refractivity contribution is -0.116. The molecule has 0 unspecified atom stereocenters. The molecule has 0 aliphatic heterocycles. The third-order valence-corrected chi connectivity index (χ3v) is 2.86. The molecule has 1 aromatic rings. The van der Waals surface area contributed by atoms with Gasteiger partial charge in [-0.1, -0.05) is 6.07 Å². The van der Waals surface area contributed by atoms with Crippen LogP contribution in [0.5, 0.6) is 0 Å². The van der Waals surface area contributed by atoms with E-state index >= 15 is 0 Å². The van der Waals surface area contributed by atoms with Gasteiger partial charge in [-0.25, -0.2) is 9.18 Å². The second-order valence-electron chi connectivity index (χ2n) is 4.49. The Morgan fingerprint density at radius 3 is 2.74 bits per heavy atom. The Balaban J connectivity index is 1.95. The smallest absolute Gasteiger partial charge is 0.340 e. The number of nitrogens with one attached hydrogen (secondary N) is 2. The molecule has 2 rings (SSSR count). The molecular weight excluding hydrogens is 251 g/mol. The standard InChI is InChI=1S/C13H15FN2O3/c14-9-2-1-3-10(12(9)13(18)19)16-11(17)6-7-15-8-4-5-8/h1-3,8,15H,4-7H2,(H,16,17)(H,18,19). The van der Waals surface area contributed by atoms with Gasteiger partial charge in [0.25, 0.3) is 0 Å². The number of anilines is 1. The van der Waals surface area contributed by atoms with Gasteiger partial charge in [-0.05, 0) is 25.0 Å². The summed E-state index contributed by atoms with van der Waals surface area (Å²) in [4.78, 5) is 22.6. The van der Waals surface area contributed by atoms with E-state index in [-0.39, 0.29) is 18.0 Å². The predicted molar refractivity (Wildman–Crippen MR) is 67.6 cm³/mol. The summed E-state index contributed by atoms with van der Waals surface area (Å²) >= 11 is 0. The molecule has 0 heterocycles. The van der Waals surface area contributed by atoms with Crippen LogP contribution < -0.4 is 10.6 Å². The van der Waals surface area contributed by atoms with Crippen molar-refractivity contribution in [3.05, 3.63) is 29.6 Å². The summed E-state index contributed by atoms with van der Waals surface area (Å²) in [5.74, 6) is -2.59. The zero-order chi connectivity index (χ0) is 13.8. The molecule has 1 aliphatic rings. The minimum atomic E-state index is -1.40. The lowest BCUT2D eigenvalue weighted by atomic mass is 10.1. The number of carbonyl (C=O) groups excluding carboxylic acids is 1. The molecule has 1 amide bonds. The van der Waals surface area contributed by atoms with Gasteiger partial charge < -0.3 is 15.7 Å². The van der Waals surface area contributed by atoms with Gasteiger partial charge in [0.1, 0.15) is 11.4 Å². The maximum absolute atomic E-state index is 13.4. The van der Waals surface area contributed by atoms with Crippen LogP contribution >= 0.6 is 0 Å². The van der Waals surface area contributed by atoms with Gasteiger partial charge >= 0.3 is 5.97 Å². The summed E-state index contributed by atoms with van der Waals surface area (Å²) in [6.45, 7) is 0.536. The number of hydrogen-bond acceptors (Lipinski definition) is 3. The van der Waals surface area contributed by atoms with E-state index in [0.717, 1.165) is 18.9 Å². The first-order chi connectivity index (χ1) is 9.08. The van der Waals surface area contributed by atoms with Crippen molar-refractivity contribution in [1.82, 2.24) is 5.32 Å². The van der Waals surface area contributed by atoms with E-state index in [9.17, 15) is 14.0 Å². The highest BCUT2D eigenvalue weighted by Gasteiger charge is 2.21. The van der Waals surface area contributed by atoms with Gasteiger partial charge in [0, 0.05) is 19.0 Å². The van der Waals surface area contributed by atoms with E-state index in [0.29, 0.717) is 12.6 Å². The van der Waals surface area contributed by atoms with Crippen LogP contribution in [-0.2, 0) is 4.79 Å². The van der Waals surface area contributed by atoms with Crippen LogP contribution in [0.1, 0.15) is 29.6 Å². The molecule has 0 radical (unpaired) electrons. The van der Waals surface area contributed by atoms with Gasteiger partial charge in [-0.3, -0.25) is 4.79 Å². The first kappa shape index (κ1) is 13.5. The predicted octanol–water partition coefficient (Wildman–Crippen LogP) is 1.60. The van der Waals surface area contributed by atoms with Crippen LogP contribution in [0.2, 0.25) is 0 Å². The number of benzene rings is 1. The number of hydrogen-bond donors (Lipinski definition) is 3. The normalized spacial score (nSPS) is 14.2. The van der Waals surface area contributed by atoms with Crippen molar-refractivity contribution in [1.29, 1.82) is 0 Å². The molecule has 1 saturated carbocycles. The molecule has 102 valence electrons. The molecule has 0 bridgehead atoms. The van der Waals surface area contributed by atoms with Gasteiger partial charge in [0.05, 0.1) is 5.69 Å². The quantitative estimate of drug-likeness (QED) is 0.731. The fourth-order valence-electron chi connectivity index (χ4n) is 1.74. The Morgan fingerprint density at radius 2 is 2.11 bits per heavy atom. The number of halogens is 1. The highest BCUT2D eigenvalue weighted by molar-refractivity contribution is 6.00. The maximum atomic E-state index is 13.4. The summed E-state index contributed by atoms with van der Waals surface area (Å²) in [5.41, 5.74) is -0.519. The summed E-state index contributed by atoms with van der Waals surface area (Å²) in [7, 11) is 0. The van der Waals surface area contributed by atoms with Crippen molar-refractivity contribution in [3.63, 3.8) is 0 Å². The number of carboxylic acid groups (broad SMARTS) is 1.